The fraction of sp³-hybridized carbons (Fsp3) is 0.550. The molecule has 6 nitrogen and oxygen atoms in total. The third kappa shape index (κ3) is 5.11. The van der Waals surface area contributed by atoms with E-state index >= 15 is 0 Å². The average molecular weight is 392 g/mol. The Morgan fingerprint density at radius 2 is 1.74 bits per heavy atom. The van der Waals surface area contributed by atoms with Gasteiger partial charge in [0.05, 0.1) is 10.9 Å². The van der Waals surface area contributed by atoms with Crippen LogP contribution in [0, 0.1) is 5.92 Å². The molecule has 7 heteroatoms. The van der Waals surface area contributed by atoms with Gasteiger partial charge < -0.3 is 9.84 Å². The first-order valence-corrected chi connectivity index (χ1v) is 11.0. The molecule has 1 aliphatic rings. The van der Waals surface area contributed by atoms with Crippen molar-refractivity contribution in [1.29, 1.82) is 0 Å². The Hall–Kier alpha value is -1.86. The van der Waals surface area contributed by atoms with Crippen molar-refractivity contribution in [2.24, 2.45) is 5.92 Å². The first-order chi connectivity index (χ1) is 12.7. The second-order valence-electron chi connectivity index (χ2n) is 8.29. The van der Waals surface area contributed by atoms with Crippen LogP contribution in [0.1, 0.15) is 46.5 Å². The van der Waals surface area contributed by atoms with Crippen LogP contribution in [0.2, 0.25) is 0 Å². The van der Waals surface area contributed by atoms with Crippen molar-refractivity contribution in [1.82, 2.24) is 9.88 Å². The van der Waals surface area contributed by atoms with Gasteiger partial charge in [0.25, 0.3) is 0 Å². The highest BCUT2D eigenvalue weighted by molar-refractivity contribution is 7.90. The first-order valence-electron chi connectivity index (χ1n) is 9.51. The summed E-state index contributed by atoms with van der Waals surface area (Å²) in [6, 6.07) is 10.0. The van der Waals surface area contributed by atoms with Gasteiger partial charge in [-0.3, -0.25) is 0 Å². The quantitative estimate of drug-likeness (QED) is 0.777. The monoisotopic (exact) mass is 391 g/mol. The maximum atomic E-state index is 12.3. The summed E-state index contributed by atoms with van der Waals surface area (Å²) < 4.78 is 31.9. The summed E-state index contributed by atoms with van der Waals surface area (Å²) in [6.07, 6.45) is 5.48. The van der Waals surface area contributed by atoms with E-state index in [1.54, 1.807) is 27.0 Å². The van der Waals surface area contributed by atoms with Gasteiger partial charge in [-0.15, -0.1) is 0 Å². The van der Waals surface area contributed by atoms with E-state index < -0.39 is 14.8 Å². The molecule has 27 heavy (non-hydrogen) atoms. The van der Waals surface area contributed by atoms with E-state index in [1.807, 2.05) is 30.3 Å². The summed E-state index contributed by atoms with van der Waals surface area (Å²) in [6.45, 7) is 6.11. The van der Waals surface area contributed by atoms with Crippen molar-refractivity contribution in [2.45, 2.75) is 57.2 Å². The van der Waals surface area contributed by atoms with Crippen molar-refractivity contribution in [3.8, 4) is 11.3 Å². The molecule has 3 rings (SSSR count). The van der Waals surface area contributed by atoms with Crippen LogP contribution >= 0.6 is 0 Å². The molecular formula is C20H29N3O3S. The molecule has 1 aromatic heterocycles. The number of rotatable bonds is 6. The Morgan fingerprint density at radius 3 is 2.30 bits per heavy atom. The number of hydrogen-bond donors (Lipinski definition) is 2. The van der Waals surface area contributed by atoms with E-state index in [0.29, 0.717) is 5.92 Å². The van der Waals surface area contributed by atoms with Gasteiger partial charge in [0.2, 0.25) is 10.0 Å². The van der Waals surface area contributed by atoms with Crippen molar-refractivity contribution >= 4 is 15.7 Å². The lowest BCUT2D eigenvalue weighted by molar-refractivity contribution is 0.322. The average Bonchev–Trinajstić information content (AvgIpc) is 3.15. The highest BCUT2D eigenvalue weighted by Crippen LogP contribution is 2.27. The number of anilines is 1. The van der Waals surface area contributed by atoms with Gasteiger partial charge in [-0.1, -0.05) is 5.16 Å². The predicted molar refractivity (Wildman–Crippen MR) is 108 cm³/mol. The Balaban J connectivity index is 1.45. The highest BCUT2D eigenvalue weighted by atomic mass is 32.2. The normalized spacial score (nSPS) is 21.1. The zero-order valence-corrected chi connectivity index (χ0v) is 17.1. The molecule has 2 aromatic rings. The van der Waals surface area contributed by atoms with Gasteiger partial charge in [0.15, 0.2) is 5.76 Å². The highest BCUT2D eigenvalue weighted by Gasteiger charge is 2.32. The summed E-state index contributed by atoms with van der Waals surface area (Å²) in [4.78, 5) is 0. The topological polar surface area (TPSA) is 84.2 Å². The molecule has 1 aliphatic carbocycles. The second-order valence-corrected chi connectivity index (χ2v) is 10.8. The minimum Gasteiger partial charge on any atom is -0.385 e. The van der Waals surface area contributed by atoms with Crippen molar-refractivity contribution in [3.63, 3.8) is 0 Å². The molecule has 2 N–H and O–H groups in total. The molecule has 0 unspecified atom stereocenters. The number of aromatic nitrogens is 1. The van der Waals surface area contributed by atoms with Crippen LogP contribution in [-0.4, -0.2) is 30.9 Å². The lowest BCUT2D eigenvalue weighted by Gasteiger charge is -2.31. The molecule has 148 valence electrons. The molecule has 0 amide bonds. The van der Waals surface area contributed by atoms with E-state index in [1.165, 1.54) is 0 Å². The molecule has 0 bridgehead atoms. The zero-order chi connectivity index (χ0) is 19.5. The van der Waals surface area contributed by atoms with Crippen LogP contribution in [-0.2, 0) is 10.0 Å². The second kappa shape index (κ2) is 8.02. The molecule has 1 saturated carbocycles. The predicted octanol–water partition coefficient (Wildman–Crippen LogP) is 4.03. The smallest absolute Gasteiger partial charge is 0.216 e. The van der Waals surface area contributed by atoms with Crippen LogP contribution in [0.5, 0.6) is 0 Å². The molecule has 0 aliphatic heterocycles. The van der Waals surface area contributed by atoms with Crippen molar-refractivity contribution < 1.29 is 12.9 Å². The standard InChI is InChI=1S/C20H29N3O3S/c1-20(2,3)27(24,25)23-18-8-4-15(5-9-18)14-21-17-10-6-16(7-11-17)19-12-13-22-26-19/h6-7,10-13,15,18,21,23H,4-5,8-9,14H2,1-3H3. The molecule has 0 radical (unpaired) electrons. The van der Waals surface area contributed by atoms with Crippen LogP contribution in [0.25, 0.3) is 11.3 Å². The molecule has 0 saturated heterocycles. The lowest BCUT2D eigenvalue weighted by Crippen LogP contribution is -2.46. The summed E-state index contributed by atoms with van der Waals surface area (Å²) in [5.74, 6) is 1.33. The molecular weight excluding hydrogens is 362 g/mol. The Morgan fingerprint density at radius 1 is 1.07 bits per heavy atom. The third-order valence-electron chi connectivity index (χ3n) is 5.18. The summed E-state index contributed by atoms with van der Waals surface area (Å²) >= 11 is 0. The van der Waals surface area contributed by atoms with Gasteiger partial charge in [-0.2, -0.15) is 0 Å². The molecule has 1 aromatic carbocycles. The van der Waals surface area contributed by atoms with E-state index in [9.17, 15) is 8.42 Å². The van der Waals surface area contributed by atoms with Crippen molar-refractivity contribution in [2.75, 3.05) is 11.9 Å². The molecule has 0 spiro atoms. The zero-order valence-electron chi connectivity index (χ0n) is 16.2. The number of nitrogens with one attached hydrogen (secondary N) is 2. The number of hydrogen-bond acceptors (Lipinski definition) is 5. The van der Waals surface area contributed by atoms with Gasteiger partial charge in [0, 0.05) is 29.9 Å². The number of sulfonamides is 1. The largest absolute Gasteiger partial charge is 0.385 e. The van der Waals surface area contributed by atoms with Crippen LogP contribution in [0.15, 0.2) is 41.1 Å². The van der Waals surface area contributed by atoms with Gasteiger partial charge in [-0.25, -0.2) is 13.1 Å². The van der Waals surface area contributed by atoms with Gasteiger partial charge in [-0.05, 0) is 76.6 Å². The molecule has 0 atom stereocenters. The van der Waals surface area contributed by atoms with E-state index in [2.05, 4.69) is 15.2 Å². The summed E-state index contributed by atoms with van der Waals surface area (Å²) in [5, 5.41) is 7.22. The first kappa shape index (κ1) is 19.9. The minimum atomic E-state index is -3.27. The van der Waals surface area contributed by atoms with Crippen molar-refractivity contribution in [3.05, 3.63) is 36.5 Å². The number of benzene rings is 1. The SMILES string of the molecule is CC(C)(C)S(=O)(=O)NC1CCC(CNc2ccc(-c3ccno3)cc2)CC1. The fourth-order valence-corrected chi connectivity index (χ4v) is 4.29. The Labute approximate surface area is 161 Å². The summed E-state index contributed by atoms with van der Waals surface area (Å²) in [5.41, 5.74) is 2.08. The van der Waals surface area contributed by atoms with Gasteiger partial charge >= 0.3 is 0 Å². The number of nitrogens with zero attached hydrogens (tertiary/aromatic N) is 1. The molecule has 1 heterocycles. The van der Waals surface area contributed by atoms with E-state index in [4.69, 9.17) is 4.52 Å². The van der Waals surface area contributed by atoms with Crippen LogP contribution < -0.4 is 10.0 Å². The van der Waals surface area contributed by atoms with Crippen LogP contribution in [0.3, 0.4) is 0 Å². The Bertz CT molecular complexity index is 816. The third-order valence-corrected chi connectivity index (χ3v) is 7.43. The maximum Gasteiger partial charge on any atom is 0.216 e. The summed E-state index contributed by atoms with van der Waals surface area (Å²) in [7, 11) is -3.27. The van der Waals surface area contributed by atoms with Crippen LogP contribution in [0.4, 0.5) is 5.69 Å². The molecule has 1 fully saturated rings. The van der Waals surface area contributed by atoms with Gasteiger partial charge in [0.1, 0.15) is 0 Å². The lowest BCUT2D eigenvalue weighted by atomic mass is 9.86. The van der Waals surface area contributed by atoms with E-state index in [-0.39, 0.29) is 6.04 Å². The fourth-order valence-electron chi connectivity index (χ4n) is 3.26. The van der Waals surface area contributed by atoms with E-state index in [0.717, 1.165) is 49.2 Å². The maximum absolute atomic E-state index is 12.3. The Kier molecular flexibility index (Phi) is 5.91. The minimum absolute atomic E-state index is 0.0617.